The van der Waals surface area contributed by atoms with Crippen LogP contribution in [0.3, 0.4) is 0 Å². The molecule has 0 saturated heterocycles. The van der Waals surface area contributed by atoms with Crippen LogP contribution < -0.4 is 5.32 Å². The van der Waals surface area contributed by atoms with Crippen LogP contribution in [0.15, 0.2) is 42.5 Å². The molecule has 1 spiro atoms. The maximum Gasteiger partial charge on any atom is 0.306 e. The number of aliphatic carboxylic acids is 1. The minimum atomic E-state index is -0.715. The normalized spacial score (nSPS) is 23.0. The van der Waals surface area contributed by atoms with Gasteiger partial charge in [-0.1, -0.05) is 24.3 Å². The van der Waals surface area contributed by atoms with Crippen molar-refractivity contribution in [2.45, 2.75) is 52.0 Å². The van der Waals surface area contributed by atoms with E-state index in [1.807, 2.05) is 38.1 Å². The topological polar surface area (TPSA) is 66.4 Å². The number of carbonyl (C=O) groups excluding carboxylic acids is 1. The number of halogens is 2. The van der Waals surface area contributed by atoms with Crippen molar-refractivity contribution in [2.75, 3.05) is 0 Å². The van der Waals surface area contributed by atoms with Crippen molar-refractivity contribution in [3.05, 3.63) is 80.5 Å². The predicted octanol–water partition coefficient (Wildman–Crippen LogP) is 6.27. The van der Waals surface area contributed by atoms with Crippen molar-refractivity contribution in [1.29, 1.82) is 0 Å². The number of aryl methyl sites for hydroxylation is 2. The minimum Gasteiger partial charge on any atom is -0.481 e. The zero-order valence-electron chi connectivity index (χ0n) is 19.7. The fourth-order valence-corrected chi connectivity index (χ4v) is 6.89. The summed E-state index contributed by atoms with van der Waals surface area (Å²) in [6.45, 7) is 3.98. The summed E-state index contributed by atoms with van der Waals surface area (Å²) < 4.78 is 27.2. The zero-order chi connectivity index (χ0) is 24.9. The number of hydrogen-bond acceptors (Lipinski definition) is 3. The number of amides is 1. The summed E-state index contributed by atoms with van der Waals surface area (Å²) in [6, 6.07) is 11.1. The molecule has 1 heterocycles. The highest BCUT2D eigenvalue weighted by molar-refractivity contribution is 7.12. The molecular weight excluding hydrogens is 468 g/mol. The predicted molar refractivity (Wildman–Crippen MR) is 132 cm³/mol. The van der Waals surface area contributed by atoms with Gasteiger partial charge in [-0.25, -0.2) is 8.78 Å². The molecule has 1 aromatic heterocycles. The highest BCUT2D eigenvalue weighted by Crippen LogP contribution is 2.58. The van der Waals surface area contributed by atoms with Gasteiger partial charge in [0.2, 0.25) is 0 Å². The molecule has 2 saturated carbocycles. The molecule has 4 nitrogen and oxygen atoms in total. The van der Waals surface area contributed by atoms with E-state index in [4.69, 9.17) is 5.11 Å². The van der Waals surface area contributed by atoms with Crippen LogP contribution >= 0.6 is 11.3 Å². The molecule has 2 aliphatic rings. The highest BCUT2D eigenvalue weighted by atomic mass is 32.1. The van der Waals surface area contributed by atoms with Gasteiger partial charge in [0.15, 0.2) is 0 Å². The summed E-state index contributed by atoms with van der Waals surface area (Å²) in [7, 11) is 0. The molecule has 7 heteroatoms. The molecule has 35 heavy (non-hydrogen) atoms. The van der Waals surface area contributed by atoms with Gasteiger partial charge in [0.1, 0.15) is 11.6 Å². The van der Waals surface area contributed by atoms with Crippen LogP contribution in [0.25, 0.3) is 11.1 Å². The first kappa shape index (κ1) is 23.7. The lowest BCUT2D eigenvalue weighted by molar-refractivity contribution is -0.155. The Morgan fingerprint density at radius 2 is 1.60 bits per heavy atom. The zero-order valence-corrected chi connectivity index (χ0v) is 20.5. The molecule has 3 aromatic rings. The van der Waals surface area contributed by atoms with Crippen molar-refractivity contribution in [2.24, 2.45) is 11.3 Å². The molecule has 0 atom stereocenters. The van der Waals surface area contributed by atoms with E-state index in [0.29, 0.717) is 12.0 Å². The molecule has 2 fully saturated rings. The molecule has 0 radical (unpaired) electrons. The van der Waals surface area contributed by atoms with E-state index in [0.717, 1.165) is 63.8 Å². The summed E-state index contributed by atoms with van der Waals surface area (Å²) in [5.41, 5.74) is 4.05. The SMILES string of the molecule is Cc1sc(C)c(C(=O)NC2CC3(C2)CC(C(=O)O)C3)c1Cc1ccc(-c2cc(F)cc(F)c2)cc1. The van der Waals surface area contributed by atoms with Gasteiger partial charge >= 0.3 is 5.97 Å². The summed E-state index contributed by atoms with van der Waals surface area (Å²) in [6.07, 6.45) is 3.72. The van der Waals surface area contributed by atoms with Crippen LogP contribution in [-0.2, 0) is 11.2 Å². The van der Waals surface area contributed by atoms with Crippen LogP contribution in [0.1, 0.15) is 56.9 Å². The second-order valence-electron chi connectivity index (χ2n) is 10.1. The first-order valence-electron chi connectivity index (χ1n) is 11.8. The third-order valence-corrected chi connectivity index (χ3v) is 8.61. The molecule has 2 aromatic carbocycles. The number of rotatable bonds is 6. The Morgan fingerprint density at radius 3 is 2.20 bits per heavy atom. The number of carboxylic acids is 1. The Kier molecular flexibility index (Phi) is 5.99. The van der Waals surface area contributed by atoms with E-state index >= 15 is 0 Å². The highest BCUT2D eigenvalue weighted by Gasteiger charge is 2.55. The number of hydrogen-bond donors (Lipinski definition) is 2. The summed E-state index contributed by atoms with van der Waals surface area (Å²) in [5.74, 6) is -2.23. The summed E-state index contributed by atoms with van der Waals surface area (Å²) >= 11 is 1.61. The molecule has 5 rings (SSSR count). The van der Waals surface area contributed by atoms with Gasteiger partial charge in [0.05, 0.1) is 11.5 Å². The lowest BCUT2D eigenvalue weighted by Crippen LogP contribution is -2.57. The average Bonchev–Trinajstić information content (AvgIpc) is 3.01. The molecule has 0 aliphatic heterocycles. The van der Waals surface area contributed by atoms with Crippen molar-refractivity contribution in [3.8, 4) is 11.1 Å². The van der Waals surface area contributed by atoms with Gasteiger partial charge in [0, 0.05) is 21.9 Å². The smallest absolute Gasteiger partial charge is 0.306 e. The van der Waals surface area contributed by atoms with Gasteiger partial charge in [-0.15, -0.1) is 11.3 Å². The second kappa shape index (κ2) is 8.86. The third-order valence-electron chi connectivity index (χ3n) is 7.54. The van der Waals surface area contributed by atoms with Gasteiger partial charge in [-0.2, -0.15) is 0 Å². The maximum atomic E-state index is 13.6. The quantitative estimate of drug-likeness (QED) is 0.423. The van der Waals surface area contributed by atoms with Gasteiger partial charge < -0.3 is 10.4 Å². The van der Waals surface area contributed by atoms with Crippen molar-refractivity contribution in [3.63, 3.8) is 0 Å². The minimum absolute atomic E-state index is 0.0670. The number of carboxylic acid groups (broad SMARTS) is 1. The number of benzene rings is 2. The number of thiophene rings is 1. The van der Waals surface area contributed by atoms with E-state index < -0.39 is 17.6 Å². The van der Waals surface area contributed by atoms with E-state index in [9.17, 15) is 18.4 Å². The third kappa shape index (κ3) is 4.61. The van der Waals surface area contributed by atoms with Crippen LogP contribution in [0, 0.1) is 36.8 Å². The number of carbonyl (C=O) groups is 2. The lowest BCUT2D eigenvalue weighted by Gasteiger charge is -2.56. The molecular formula is C28H27F2NO3S. The monoisotopic (exact) mass is 495 g/mol. The van der Waals surface area contributed by atoms with E-state index in [1.54, 1.807) is 11.3 Å². The first-order valence-corrected chi connectivity index (χ1v) is 12.6. The van der Waals surface area contributed by atoms with E-state index in [-0.39, 0.29) is 23.3 Å². The van der Waals surface area contributed by atoms with Crippen molar-refractivity contribution < 1.29 is 23.5 Å². The summed E-state index contributed by atoms with van der Waals surface area (Å²) in [5, 5.41) is 12.3. The van der Waals surface area contributed by atoms with Gasteiger partial charge in [-0.3, -0.25) is 9.59 Å². The van der Waals surface area contributed by atoms with E-state index in [1.165, 1.54) is 12.1 Å². The first-order chi connectivity index (χ1) is 16.6. The maximum absolute atomic E-state index is 13.6. The number of nitrogens with one attached hydrogen (secondary N) is 1. The van der Waals surface area contributed by atoms with Crippen LogP contribution in [0.5, 0.6) is 0 Å². The molecule has 0 bridgehead atoms. The van der Waals surface area contributed by atoms with Gasteiger partial charge in [0.25, 0.3) is 5.91 Å². The second-order valence-corrected chi connectivity index (χ2v) is 11.6. The largest absolute Gasteiger partial charge is 0.481 e. The fourth-order valence-electron chi connectivity index (χ4n) is 5.82. The van der Waals surface area contributed by atoms with E-state index in [2.05, 4.69) is 5.32 Å². The Bertz CT molecular complexity index is 1280. The lowest BCUT2D eigenvalue weighted by atomic mass is 9.50. The Balaban J connectivity index is 1.27. The van der Waals surface area contributed by atoms with Gasteiger partial charge in [-0.05, 0) is 85.8 Å². The molecule has 1 amide bonds. The standard InChI is InChI=1S/C28H27F2NO3S/c1-15-24(7-17-3-5-18(6-4-17)19-8-21(29)10-22(30)9-19)25(16(2)35-15)26(32)31-23-13-28(14-23)11-20(12-28)27(33)34/h3-6,8-10,20,23H,7,11-14H2,1-2H3,(H,31,32)(H,33,34). The van der Waals surface area contributed by atoms with Crippen LogP contribution in [0.4, 0.5) is 8.78 Å². The molecule has 2 N–H and O–H groups in total. The Hall–Kier alpha value is -3.06. The van der Waals surface area contributed by atoms with Crippen molar-refractivity contribution in [1.82, 2.24) is 5.32 Å². The van der Waals surface area contributed by atoms with Crippen LogP contribution in [-0.4, -0.2) is 23.0 Å². The fraction of sp³-hybridized carbons (Fsp3) is 0.357. The molecule has 182 valence electrons. The van der Waals surface area contributed by atoms with Crippen LogP contribution in [0.2, 0.25) is 0 Å². The molecule has 0 unspecified atom stereocenters. The summed E-state index contributed by atoms with van der Waals surface area (Å²) in [4.78, 5) is 26.4. The Morgan fingerprint density at radius 1 is 0.971 bits per heavy atom. The Labute approximate surface area is 207 Å². The molecule has 2 aliphatic carbocycles. The average molecular weight is 496 g/mol. The van der Waals surface area contributed by atoms with Crippen molar-refractivity contribution >= 4 is 23.2 Å².